The Morgan fingerprint density at radius 2 is 1.44 bits per heavy atom. The topological polar surface area (TPSA) is 108 Å². The van der Waals surface area contributed by atoms with Gasteiger partial charge in [-0.1, -0.05) is 0 Å². The Labute approximate surface area is 99.7 Å². The number of carboxylic acid groups (broad SMARTS) is 1. The first-order chi connectivity index (χ1) is 8.20. The van der Waals surface area contributed by atoms with Crippen LogP contribution in [0.5, 0.6) is 0 Å². The van der Waals surface area contributed by atoms with Gasteiger partial charge in [0.15, 0.2) is 0 Å². The fourth-order valence-electron chi connectivity index (χ4n) is 0.796. The number of amides is 2. The molecule has 18 heavy (non-hydrogen) atoms. The standard InChI is InChI=1S/C8H12F3N3O4/c9-8(10,11)4-12-1-5(15)13-2-6(16)14-3-7(17)18/h12H,1-4H2,(H,13,15)(H,14,16)(H,17,18). The summed E-state index contributed by atoms with van der Waals surface area (Å²) in [6.45, 7) is -3.00. The van der Waals surface area contributed by atoms with Crippen molar-refractivity contribution < 1.29 is 32.7 Å². The SMILES string of the molecule is O=C(O)CNC(=O)CNC(=O)CNCC(F)(F)F. The Morgan fingerprint density at radius 3 is 1.94 bits per heavy atom. The average molecular weight is 271 g/mol. The molecule has 0 fully saturated rings. The van der Waals surface area contributed by atoms with Crippen LogP contribution in [0.1, 0.15) is 0 Å². The molecule has 0 aliphatic heterocycles. The van der Waals surface area contributed by atoms with Crippen LogP contribution in [0.2, 0.25) is 0 Å². The summed E-state index contributed by atoms with van der Waals surface area (Å²) in [5.41, 5.74) is 0. The normalized spacial score (nSPS) is 10.8. The van der Waals surface area contributed by atoms with Gasteiger partial charge in [0.25, 0.3) is 0 Å². The maximum Gasteiger partial charge on any atom is 0.401 e. The van der Waals surface area contributed by atoms with Crippen molar-refractivity contribution in [2.45, 2.75) is 6.18 Å². The molecule has 0 spiro atoms. The summed E-state index contributed by atoms with van der Waals surface area (Å²) < 4.78 is 35.0. The lowest BCUT2D eigenvalue weighted by Crippen LogP contribution is -2.43. The van der Waals surface area contributed by atoms with Gasteiger partial charge in [0.2, 0.25) is 11.8 Å². The van der Waals surface area contributed by atoms with E-state index in [1.54, 1.807) is 0 Å². The van der Waals surface area contributed by atoms with Gasteiger partial charge in [-0.05, 0) is 0 Å². The van der Waals surface area contributed by atoms with Crippen molar-refractivity contribution in [3.05, 3.63) is 0 Å². The van der Waals surface area contributed by atoms with Crippen molar-refractivity contribution in [2.24, 2.45) is 0 Å². The fraction of sp³-hybridized carbons (Fsp3) is 0.625. The number of carbonyl (C=O) groups excluding carboxylic acids is 2. The van der Waals surface area contributed by atoms with E-state index >= 15 is 0 Å². The molecule has 0 radical (unpaired) electrons. The molecule has 2 amide bonds. The molecular weight excluding hydrogens is 259 g/mol. The Hall–Kier alpha value is -1.84. The summed E-state index contributed by atoms with van der Waals surface area (Å²) in [6.07, 6.45) is -4.42. The zero-order valence-electron chi connectivity index (χ0n) is 9.13. The third-order valence-corrected chi connectivity index (χ3v) is 1.49. The van der Waals surface area contributed by atoms with Gasteiger partial charge in [-0.2, -0.15) is 13.2 Å². The highest BCUT2D eigenvalue weighted by atomic mass is 19.4. The number of carbonyl (C=O) groups is 3. The van der Waals surface area contributed by atoms with E-state index in [1.165, 1.54) is 0 Å². The van der Waals surface area contributed by atoms with Crippen molar-refractivity contribution >= 4 is 17.8 Å². The molecule has 0 saturated carbocycles. The Bertz CT molecular complexity index is 319. The van der Waals surface area contributed by atoms with Crippen LogP contribution < -0.4 is 16.0 Å². The van der Waals surface area contributed by atoms with Crippen LogP contribution in [-0.4, -0.2) is 55.2 Å². The molecule has 0 aromatic heterocycles. The lowest BCUT2D eigenvalue weighted by Gasteiger charge is -2.08. The van der Waals surface area contributed by atoms with E-state index < -0.39 is 50.1 Å². The number of nitrogens with one attached hydrogen (secondary N) is 3. The zero-order chi connectivity index (χ0) is 14.2. The lowest BCUT2D eigenvalue weighted by molar-refractivity contribution is -0.137. The lowest BCUT2D eigenvalue weighted by atomic mass is 10.5. The van der Waals surface area contributed by atoms with E-state index in [-0.39, 0.29) is 0 Å². The smallest absolute Gasteiger partial charge is 0.401 e. The quantitative estimate of drug-likeness (QED) is 0.448. The molecule has 0 bridgehead atoms. The first kappa shape index (κ1) is 16.2. The molecule has 0 aliphatic rings. The summed E-state index contributed by atoms with van der Waals surface area (Å²) in [5.74, 6) is -2.80. The second-order valence-electron chi connectivity index (χ2n) is 3.17. The fourth-order valence-corrected chi connectivity index (χ4v) is 0.796. The van der Waals surface area contributed by atoms with Crippen LogP contribution in [0, 0.1) is 0 Å². The van der Waals surface area contributed by atoms with E-state index in [4.69, 9.17) is 5.11 Å². The van der Waals surface area contributed by atoms with E-state index in [9.17, 15) is 27.6 Å². The van der Waals surface area contributed by atoms with Crippen molar-refractivity contribution in [1.29, 1.82) is 0 Å². The molecule has 0 rings (SSSR count). The van der Waals surface area contributed by atoms with E-state index in [0.29, 0.717) is 0 Å². The molecule has 0 saturated heterocycles. The van der Waals surface area contributed by atoms with Gasteiger partial charge in [-0.15, -0.1) is 0 Å². The Morgan fingerprint density at radius 1 is 0.944 bits per heavy atom. The summed E-state index contributed by atoms with van der Waals surface area (Å²) in [5, 5.41) is 14.0. The predicted molar refractivity (Wildman–Crippen MR) is 52.6 cm³/mol. The van der Waals surface area contributed by atoms with E-state index in [1.807, 2.05) is 16.0 Å². The highest BCUT2D eigenvalue weighted by molar-refractivity contribution is 5.87. The molecule has 0 unspecified atom stereocenters. The molecule has 10 heteroatoms. The average Bonchev–Trinajstić information content (AvgIpc) is 2.21. The number of alkyl halides is 3. The molecule has 0 atom stereocenters. The van der Waals surface area contributed by atoms with Gasteiger partial charge >= 0.3 is 12.1 Å². The van der Waals surface area contributed by atoms with Crippen molar-refractivity contribution in [3.63, 3.8) is 0 Å². The maximum absolute atomic E-state index is 11.7. The van der Waals surface area contributed by atoms with Crippen LogP contribution in [0.4, 0.5) is 13.2 Å². The second-order valence-corrected chi connectivity index (χ2v) is 3.17. The molecular formula is C8H12F3N3O4. The number of hydrogen-bond acceptors (Lipinski definition) is 4. The summed E-state index contributed by atoms with van der Waals surface area (Å²) in [4.78, 5) is 31.9. The largest absolute Gasteiger partial charge is 0.480 e. The number of rotatable bonds is 7. The molecule has 104 valence electrons. The Balaban J connectivity index is 3.64. The second kappa shape index (κ2) is 7.48. The molecule has 0 heterocycles. The highest BCUT2D eigenvalue weighted by Gasteiger charge is 2.26. The first-order valence-electron chi connectivity index (χ1n) is 4.73. The van der Waals surface area contributed by atoms with Crippen LogP contribution in [0.25, 0.3) is 0 Å². The summed E-state index contributed by atoms with van der Waals surface area (Å²) in [7, 11) is 0. The molecule has 0 aromatic rings. The molecule has 0 aromatic carbocycles. The zero-order valence-corrected chi connectivity index (χ0v) is 9.13. The monoisotopic (exact) mass is 271 g/mol. The predicted octanol–water partition coefficient (Wildman–Crippen LogP) is -1.54. The molecule has 0 aliphatic carbocycles. The van der Waals surface area contributed by atoms with Gasteiger partial charge < -0.3 is 21.1 Å². The third kappa shape index (κ3) is 10.7. The number of halogens is 3. The summed E-state index contributed by atoms with van der Waals surface area (Å²) in [6, 6.07) is 0. The number of carboxylic acids is 1. The van der Waals surface area contributed by atoms with Gasteiger partial charge in [-0.25, -0.2) is 0 Å². The van der Waals surface area contributed by atoms with Gasteiger partial charge in [0.1, 0.15) is 6.54 Å². The van der Waals surface area contributed by atoms with E-state index in [2.05, 4.69) is 0 Å². The van der Waals surface area contributed by atoms with Crippen molar-refractivity contribution in [2.75, 3.05) is 26.2 Å². The minimum atomic E-state index is -4.42. The van der Waals surface area contributed by atoms with Crippen LogP contribution in [-0.2, 0) is 14.4 Å². The highest BCUT2D eigenvalue weighted by Crippen LogP contribution is 2.11. The van der Waals surface area contributed by atoms with Gasteiger partial charge in [0.05, 0.1) is 19.6 Å². The molecule has 4 N–H and O–H groups in total. The maximum atomic E-state index is 11.7. The number of hydrogen-bond donors (Lipinski definition) is 4. The van der Waals surface area contributed by atoms with E-state index in [0.717, 1.165) is 0 Å². The first-order valence-corrected chi connectivity index (χ1v) is 4.73. The molecule has 7 nitrogen and oxygen atoms in total. The Kier molecular flexibility index (Phi) is 6.71. The summed E-state index contributed by atoms with van der Waals surface area (Å²) >= 11 is 0. The van der Waals surface area contributed by atoms with Crippen LogP contribution >= 0.6 is 0 Å². The van der Waals surface area contributed by atoms with Gasteiger partial charge in [0, 0.05) is 0 Å². The number of aliphatic carboxylic acids is 1. The van der Waals surface area contributed by atoms with Crippen LogP contribution in [0.3, 0.4) is 0 Å². The minimum absolute atomic E-state index is 0.500. The van der Waals surface area contributed by atoms with Crippen molar-refractivity contribution in [1.82, 2.24) is 16.0 Å². The van der Waals surface area contributed by atoms with Crippen molar-refractivity contribution in [3.8, 4) is 0 Å². The third-order valence-electron chi connectivity index (χ3n) is 1.49. The minimum Gasteiger partial charge on any atom is -0.480 e. The van der Waals surface area contributed by atoms with Crippen LogP contribution in [0.15, 0.2) is 0 Å². The van der Waals surface area contributed by atoms with Gasteiger partial charge in [-0.3, -0.25) is 14.4 Å².